The number of aromatic hydroxyl groups is 1. The highest BCUT2D eigenvalue weighted by atomic mass is 16.6. The molecule has 0 aliphatic heterocycles. The predicted octanol–water partition coefficient (Wildman–Crippen LogP) is 4.10. The number of ether oxygens (including phenoxy) is 1. The molecule has 3 aromatic rings. The van der Waals surface area contributed by atoms with E-state index < -0.39 is 21.3 Å². The average Bonchev–Trinajstić information content (AvgIpc) is 2.78. The van der Waals surface area contributed by atoms with Crippen LogP contribution >= 0.6 is 0 Å². The number of aldehydes is 2. The number of phenols is 1. The molecule has 0 saturated heterocycles. The van der Waals surface area contributed by atoms with E-state index in [0.717, 1.165) is 17.7 Å². The Bertz CT molecular complexity index is 1100. The van der Waals surface area contributed by atoms with Crippen molar-refractivity contribution in [3.05, 3.63) is 104 Å². The van der Waals surface area contributed by atoms with Gasteiger partial charge in [-0.2, -0.15) is 0 Å². The van der Waals surface area contributed by atoms with Crippen LogP contribution in [0.4, 0.5) is 11.4 Å². The molecule has 0 fully saturated rings. The standard InChI is InChI=1S/C14H11NO4.C7H5NO4/c16-9-12-6-7-13(15(17)18)14(8-12)19-10-11-4-2-1-3-5-11;9-4-5-1-2-6(8(11)12)7(10)3-5/h1-9H,10H2;1-4,10H. The van der Waals surface area contributed by atoms with Crippen LogP contribution in [0.15, 0.2) is 66.7 Å². The van der Waals surface area contributed by atoms with Gasteiger partial charge in [-0.25, -0.2) is 0 Å². The zero-order chi connectivity index (χ0) is 22.8. The van der Waals surface area contributed by atoms with E-state index in [1.807, 2.05) is 30.3 Å². The fraction of sp³-hybridized carbons (Fsp3) is 0.0476. The first-order valence-corrected chi connectivity index (χ1v) is 8.68. The quantitative estimate of drug-likeness (QED) is 0.338. The van der Waals surface area contributed by atoms with E-state index in [1.165, 1.54) is 24.3 Å². The van der Waals surface area contributed by atoms with E-state index in [9.17, 15) is 29.8 Å². The zero-order valence-corrected chi connectivity index (χ0v) is 15.9. The molecule has 10 nitrogen and oxygen atoms in total. The second kappa shape index (κ2) is 10.8. The van der Waals surface area contributed by atoms with E-state index in [1.54, 1.807) is 0 Å². The summed E-state index contributed by atoms with van der Waals surface area (Å²) in [5.41, 5.74) is 0.891. The van der Waals surface area contributed by atoms with Crippen LogP contribution in [0.3, 0.4) is 0 Å². The molecular weight excluding hydrogens is 408 g/mol. The molecule has 1 N–H and O–H groups in total. The second-order valence-corrected chi connectivity index (χ2v) is 6.00. The molecule has 3 aromatic carbocycles. The number of hydrogen-bond donors (Lipinski definition) is 1. The van der Waals surface area contributed by atoms with Gasteiger partial charge in [0.2, 0.25) is 0 Å². The summed E-state index contributed by atoms with van der Waals surface area (Å²) in [4.78, 5) is 40.6. The maximum Gasteiger partial charge on any atom is 0.310 e. The number of carbonyl (C=O) groups is 2. The van der Waals surface area contributed by atoms with E-state index >= 15 is 0 Å². The van der Waals surface area contributed by atoms with E-state index in [2.05, 4.69) is 0 Å². The average molecular weight is 424 g/mol. The van der Waals surface area contributed by atoms with Crippen LogP contribution in [-0.4, -0.2) is 27.5 Å². The first-order valence-electron chi connectivity index (χ1n) is 8.68. The third-order valence-electron chi connectivity index (χ3n) is 3.89. The van der Waals surface area contributed by atoms with Crippen molar-refractivity contribution in [3.63, 3.8) is 0 Å². The molecule has 10 heteroatoms. The Labute approximate surface area is 175 Å². The van der Waals surface area contributed by atoms with Crippen molar-refractivity contribution >= 4 is 23.9 Å². The monoisotopic (exact) mass is 424 g/mol. The van der Waals surface area contributed by atoms with Gasteiger partial charge < -0.3 is 9.84 Å². The molecule has 0 amide bonds. The number of rotatable bonds is 7. The van der Waals surface area contributed by atoms with Gasteiger partial charge in [0, 0.05) is 23.3 Å². The minimum absolute atomic E-state index is 0.0958. The number of phenolic OH excluding ortho intramolecular Hbond substituents is 1. The van der Waals surface area contributed by atoms with Crippen molar-refractivity contribution in [1.82, 2.24) is 0 Å². The number of nitrogens with zero attached hydrogens (tertiary/aromatic N) is 2. The van der Waals surface area contributed by atoms with E-state index in [4.69, 9.17) is 9.84 Å². The highest BCUT2D eigenvalue weighted by Gasteiger charge is 2.15. The zero-order valence-electron chi connectivity index (χ0n) is 15.9. The minimum atomic E-state index is -0.718. The summed E-state index contributed by atoms with van der Waals surface area (Å²) < 4.78 is 5.43. The summed E-state index contributed by atoms with van der Waals surface area (Å²) in [6.45, 7) is 0.212. The molecular formula is C21H16N2O8. The molecule has 158 valence electrons. The Hall–Kier alpha value is -4.60. The van der Waals surface area contributed by atoms with Gasteiger partial charge in [0.15, 0.2) is 11.5 Å². The van der Waals surface area contributed by atoms with E-state index in [-0.39, 0.29) is 23.6 Å². The summed E-state index contributed by atoms with van der Waals surface area (Å²) in [7, 11) is 0. The van der Waals surface area contributed by atoms with Crippen LogP contribution in [0.1, 0.15) is 26.3 Å². The Balaban J connectivity index is 0.000000245. The van der Waals surface area contributed by atoms with Crippen molar-refractivity contribution in [3.8, 4) is 11.5 Å². The number of carbonyl (C=O) groups excluding carboxylic acids is 2. The maximum absolute atomic E-state index is 10.9. The van der Waals surface area contributed by atoms with Crippen LogP contribution in [0.5, 0.6) is 11.5 Å². The van der Waals surface area contributed by atoms with Gasteiger partial charge in [-0.1, -0.05) is 30.3 Å². The van der Waals surface area contributed by atoms with Gasteiger partial charge in [0.1, 0.15) is 19.2 Å². The maximum atomic E-state index is 10.9. The van der Waals surface area contributed by atoms with E-state index in [0.29, 0.717) is 18.1 Å². The fourth-order valence-electron chi connectivity index (χ4n) is 2.37. The van der Waals surface area contributed by atoms with Crippen molar-refractivity contribution in [2.75, 3.05) is 0 Å². The number of nitro groups is 2. The third kappa shape index (κ3) is 6.46. The molecule has 0 radical (unpaired) electrons. The fourth-order valence-corrected chi connectivity index (χ4v) is 2.37. The number of hydrogen-bond acceptors (Lipinski definition) is 8. The summed E-state index contributed by atoms with van der Waals surface area (Å²) in [5, 5.41) is 30.0. The molecule has 0 bridgehead atoms. The molecule has 0 heterocycles. The van der Waals surface area contributed by atoms with Crippen LogP contribution in [0, 0.1) is 20.2 Å². The van der Waals surface area contributed by atoms with Crippen LogP contribution in [-0.2, 0) is 6.61 Å². The van der Waals surface area contributed by atoms with Gasteiger partial charge in [0.25, 0.3) is 0 Å². The lowest BCUT2D eigenvalue weighted by atomic mass is 10.2. The van der Waals surface area contributed by atoms with Gasteiger partial charge >= 0.3 is 11.4 Å². The van der Waals surface area contributed by atoms with Crippen LogP contribution in [0.25, 0.3) is 0 Å². The first kappa shape index (κ1) is 22.7. The largest absolute Gasteiger partial charge is 0.502 e. The van der Waals surface area contributed by atoms with Crippen molar-refractivity contribution in [2.45, 2.75) is 6.61 Å². The highest BCUT2D eigenvalue weighted by molar-refractivity contribution is 5.77. The Morgan fingerprint density at radius 2 is 1.35 bits per heavy atom. The lowest BCUT2D eigenvalue weighted by Gasteiger charge is -2.07. The smallest absolute Gasteiger partial charge is 0.310 e. The molecule has 0 aromatic heterocycles. The lowest BCUT2D eigenvalue weighted by molar-refractivity contribution is -0.386. The van der Waals surface area contributed by atoms with Crippen molar-refractivity contribution in [1.29, 1.82) is 0 Å². The van der Waals surface area contributed by atoms with Crippen LogP contribution < -0.4 is 4.74 Å². The minimum Gasteiger partial charge on any atom is -0.502 e. The second-order valence-electron chi connectivity index (χ2n) is 6.00. The summed E-state index contributed by atoms with van der Waals surface area (Å²) >= 11 is 0. The first-order chi connectivity index (χ1) is 14.8. The third-order valence-corrected chi connectivity index (χ3v) is 3.89. The molecule has 0 saturated carbocycles. The number of nitro benzene ring substituents is 2. The highest BCUT2D eigenvalue weighted by Crippen LogP contribution is 2.28. The molecule has 31 heavy (non-hydrogen) atoms. The van der Waals surface area contributed by atoms with Crippen LogP contribution in [0.2, 0.25) is 0 Å². The summed E-state index contributed by atoms with van der Waals surface area (Å²) in [5.74, 6) is -0.400. The van der Waals surface area contributed by atoms with Gasteiger partial charge in [-0.3, -0.25) is 29.8 Å². The molecule has 0 aliphatic carbocycles. The predicted molar refractivity (Wildman–Crippen MR) is 109 cm³/mol. The van der Waals surface area contributed by atoms with Gasteiger partial charge in [-0.05, 0) is 29.8 Å². The molecule has 0 spiro atoms. The van der Waals surface area contributed by atoms with Gasteiger partial charge in [0.05, 0.1) is 9.85 Å². The molecule has 3 rings (SSSR count). The number of benzene rings is 3. The lowest BCUT2D eigenvalue weighted by Crippen LogP contribution is -1.99. The van der Waals surface area contributed by atoms with Crippen molar-refractivity contribution < 1.29 is 29.3 Å². The normalized spacial score (nSPS) is 9.68. The topological polar surface area (TPSA) is 150 Å². The Kier molecular flexibility index (Phi) is 7.91. The Morgan fingerprint density at radius 3 is 1.87 bits per heavy atom. The van der Waals surface area contributed by atoms with Gasteiger partial charge in [-0.15, -0.1) is 0 Å². The summed E-state index contributed by atoms with van der Waals surface area (Å²) in [6.07, 6.45) is 1.13. The van der Waals surface area contributed by atoms with Crippen molar-refractivity contribution in [2.24, 2.45) is 0 Å². The SMILES string of the molecule is O=Cc1ccc([N+](=O)[O-])c(O)c1.O=Cc1ccc([N+](=O)[O-])c(OCc2ccccc2)c1. The molecule has 0 atom stereocenters. The molecule has 0 aliphatic rings. The Morgan fingerprint density at radius 1 is 0.806 bits per heavy atom. The molecule has 0 unspecified atom stereocenters. The summed E-state index contributed by atoms with van der Waals surface area (Å²) in [6, 6.07) is 16.7.